The largest absolute Gasteiger partial charge is 0.380 e. The summed E-state index contributed by atoms with van der Waals surface area (Å²) in [5.74, 6) is 2.17. The van der Waals surface area contributed by atoms with E-state index < -0.39 is 0 Å². The molecule has 4 rings (SSSR count). The van der Waals surface area contributed by atoms with Gasteiger partial charge in [0.05, 0.1) is 18.4 Å². The molecule has 3 N–H and O–H groups in total. The zero-order chi connectivity index (χ0) is 16.1. The molecule has 0 spiro atoms. The Morgan fingerprint density at radius 1 is 1.50 bits per heavy atom. The maximum absolute atomic E-state index is 12.2. The number of nitrogens with one attached hydrogen (secondary N) is 1. The summed E-state index contributed by atoms with van der Waals surface area (Å²) in [5, 5.41) is 7.76. The van der Waals surface area contributed by atoms with Gasteiger partial charge in [-0.15, -0.1) is 0 Å². The first-order valence-corrected chi connectivity index (χ1v) is 8.87. The SMILES string of the molecule is C[C@H]1[C@H](Nc2cnn(CCN)c(=O)c2Br)C[C@H]2C[C@@H]1C2(C)C. The lowest BCUT2D eigenvalue weighted by atomic mass is 9.45. The van der Waals surface area contributed by atoms with E-state index in [1.807, 2.05) is 0 Å². The van der Waals surface area contributed by atoms with Crippen molar-refractivity contribution in [2.75, 3.05) is 11.9 Å². The van der Waals surface area contributed by atoms with Gasteiger partial charge < -0.3 is 11.1 Å². The molecule has 5 nitrogen and oxygen atoms in total. The van der Waals surface area contributed by atoms with E-state index in [1.54, 1.807) is 6.20 Å². The fourth-order valence-corrected chi connectivity index (χ4v) is 4.81. The normalized spacial score (nSPS) is 32.4. The van der Waals surface area contributed by atoms with Crippen molar-refractivity contribution in [2.45, 2.75) is 46.2 Å². The lowest BCUT2D eigenvalue weighted by Crippen LogP contribution is -2.58. The predicted molar refractivity (Wildman–Crippen MR) is 91.8 cm³/mol. The molecule has 3 aliphatic rings. The molecule has 3 aliphatic carbocycles. The molecule has 0 amide bonds. The van der Waals surface area contributed by atoms with Gasteiger partial charge in [0.2, 0.25) is 0 Å². The predicted octanol–water partition coefficient (Wildman–Crippen LogP) is 2.45. The van der Waals surface area contributed by atoms with Gasteiger partial charge in [0.25, 0.3) is 5.56 Å². The summed E-state index contributed by atoms with van der Waals surface area (Å²) < 4.78 is 1.96. The second-order valence-electron chi connectivity index (χ2n) is 7.40. The van der Waals surface area contributed by atoms with Gasteiger partial charge in [0.15, 0.2) is 0 Å². The van der Waals surface area contributed by atoms with E-state index in [1.165, 1.54) is 17.5 Å². The van der Waals surface area contributed by atoms with E-state index >= 15 is 0 Å². The molecule has 2 bridgehead atoms. The average molecular weight is 369 g/mol. The Morgan fingerprint density at radius 3 is 2.82 bits per heavy atom. The van der Waals surface area contributed by atoms with Gasteiger partial charge in [0.1, 0.15) is 4.47 Å². The highest BCUT2D eigenvalue weighted by molar-refractivity contribution is 9.10. The standard InChI is InChI=1S/C16H25BrN4O/c1-9-11-6-10(16(11,2)3)7-12(9)20-13-8-19-21(5-4-18)15(22)14(13)17/h8-12,20H,4-7,18H2,1-3H3/t9-,10-,11+,12-/m1/s1. The Hall–Kier alpha value is -0.880. The number of nitrogens with two attached hydrogens (primary N) is 1. The van der Waals surface area contributed by atoms with Crippen LogP contribution in [0.5, 0.6) is 0 Å². The minimum absolute atomic E-state index is 0.121. The summed E-state index contributed by atoms with van der Waals surface area (Å²) >= 11 is 3.42. The molecule has 4 atom stereocenters. The van der Waals surface area contributed by atoms with Crippen molar-refractivity contribution in [3.8, 4) is 0 Å². The molecule has 3 fully saturated rings. The number of hydrogen-bond donors (Lipinski definition) is 2. The average Bonchev–Trinajstić information content (AvgIpc) is 2.48. The van der Waals surface area contributed by atoms with Crippen LogP contribution in [0.2, 0.25) is 0 Å². The zero-order valence-corrected chi connectivity index (χ0v) is 15.1. The summed E-state index contributed by atoms with van der Waals surface area (Å²) in [5.41, 5.74) is 6.65. The molecule has 0 radical (unpaired) electrons. The van der Waals surface area contributed by atoms with Crippen LogP contribution in [0, 0.1) is 23.2 Å². The van der Waals surface area contributed by atoms with Crippen LogP contribution in [-0.4, -0.2) is 22.4 Å². The van der Waals surface area contributed by atoms with E-state index in [9.17, 15) is 4.79 Å². The number of rotatable bonds is 4. The molecule has 0 aliphatic heterocycles. The zero-order valence-electron chi connectivity index (χ0n) is 13.5. The van der Waals surface area contributed by atoms with Gasteiger partial charge in [0, 0.05) is 12.6 Å². The first kappa shape index (κ1) is 16.0. The third kappa shape index (κ3) is 2.40. The quantitative estimate of drug-likeness (QED) is 0.855. The minimum atomic E-state index is -0.121. The number of anilines is 1. The molecule has 3 saturated carbocycles. The van der Waals surface area contributed by atoms with Gasteiger partial charge >= 0.3 is 0 Å². The Bertz CT molecular complexity index is 627. The highest BCUT2D eigenvalue weighted by Crippen LogP contribution is 2.61. The van der Waals surface area contributed by atoms with Crippen LogP contribution in [0.1, 0.15) is 33.6 Å². The maximum Gasteiger partial charge on any atom is 0.283 e. The Balaban J connectivity index is 1.78. The second kappa shape index (κ2) is 5.64. The summed E-state index contributed by atoms with van der Waals surface area (Å²) in [6, 6.07) is 0.416. The van der Waals surface area contributed by atoms with Crippen LogP contribution < -0.4 is 16.6 Å². The van der Waals surface area contributed by atoms with Gasteiger partial charge in [-0.1, -0.05) is 20.8 Å². The van der Waals surface area contributed by atoms with Crippen LogP contribution in [0.4, 0.5) is 5.69 Å². The van der Waals surface area contributed by atoms with E-state index in [-0.39, 0.29) is 5.56 Å². The molecule has 122 valence electrons. The molecule has 0 unspecified atom stereocenters. The first-order chi connectivity index (χ1) is 10.4. The molecule has 1 heterocycles. The molecular formula is C16H25BrN4O. The monoisotopic (exact) mass is 368 g/mol. The third-order valence-electron chi connectivity index (χ3n) is 6.02. The number of halogens is 1. The van der Waals surface area contributed by atoms with Crippen molar-refractivity contribution in [3.05, 3.63) is 21.0 Å². The molecule has 1 aromatic rings. The molecule has 0 aromatic carbocycles. The number of fused-ring (bicyclic) bond motifs is 2. The van der Waals surface area contributed by atoms with Crippen molar-refractivity contribution in [1.29, 1.82) is 0 Å². The summed E-state index contributed by atoms with van der Waals surface area (Å²) in [6.07, 6.45) is 4.26. The van der Waals surface area contributed by atoms with Gasteiger partial charge in [-0.3, -0.25) is 4.79 Å². The molecule has 0 saturated heterocycles. The van der Waals surface area contributed by atoms with Crippen molar-refractivity contribution >= 4 is 21.6 Å². The van der Waals surface area contributed by atoms with Crippen LogP contribution in [-0.2, 0) is 6.54 Å². The van der Waals surface area contributed by atoms with Gasteiger partial charge in [-0.2, -0.15) is 5.10 Å². The lowest BCUT2D eigenvalue weighted by Gasteiger charge is -2.62. The van der Waals surface area contributed by atoms with Crippen molar-refractivity contribution < 1.29 is 0 Å². The third-order valence-corrected chi connectivity index (χ3v) is 6.79. The van der Waals surface area contributed by atoms with Crippen LogP contribution in [0.25, 0.3) is 0 Å². The van der Waals surface area contributed by atoms with Crippen molar-refractivity contribution in [2.24, 2.45) is 28.9 Å². The molecule has 22 heavy (non-hydrogen) atoms. The summed E-state index contributed by atoms with van der Waals surface area (Å²) in [4.78, 5) is 12.2. The molecule has 6 heteroatoms. The summed E-state index contributed by atoms with van der Waals surface area (Å²) in [6.45, 7) is 7.96. The maximum atomic E-state index is 12.2. The Morgan fingerprint density at radius 2 is 2.23 bits per heavy atom. The molecule has 1 aromatic heterocycles. The topological polar surface area (TPSA) is 72.9 Å². The van der Waals surface area contributed by atoms with Crippen LogP contribution in [0.15, 0.2) is 15.5 Å². The van der Waals surface area contributed by atoms with Gasteiger partial charge in [-0.25, -0.2) is 4.68 Å². The number of nitrogens with zero attached hydrogens (tertiary/aromatic N) is 2. The van der Waals surface area contributed by atoms with E-state index in [2.05, 4.69) is 47.1 Å². The fraction of sp³-hybridized carbons (Fsp3) is 0.750. The summed E-state index contributed by atoms with van der Waals surface area (Å²) in [7, 11) is 0. The Labute approximate surface area is 139 Å². The fourth-order valence-electron chi connectivity index (χ4n) is 4.39. The van der Waals surface area contributed by atoms with Crippen LogP contribution >= 0.6 is 15.9 Å². The van der Waals surface area contributed by atoms with E-state index in [4.69, 9.17) is 5.73 Å². The van der Waals surface area contributed by atoms with E-state index in [0.29, 0.717) is 34.9 Å². The van der Waals surface area contributed by atoms with Crippen molar-refractivity contribution in [1.82, 2.24) is 9.78 Å². The second-order valence-corrected chi connectivity index (χ2v) is 8.19. The smallest absolute Gasteiger partial charge is 0.283 e. The van der Waals surface area contributed by atoms with Gasteiger partial charge in [-0.05, 0) is 51.9 Å². The lowest BCUT2D eigenvalue weighted by molar-refractivity contribution is -0.105. The van der Waals surface area contributed by atoms with Crippen LogP contribution in [0.3, 0.4) is 0 Å². The number of hydrogen-bond acceptors (Lipinski definition) is 4. The first-order valence-electron chi connectivity index (χ1n) is 8.08. The van der Waals surface area contributed by atoms with Crippen molar-refractivity contribution in [3.63, 3.8) is 0 Å². The Kier molecular flexibility index (Phi) is 4.10. The number of aromatic nitrogens is 2. The van der Waals surface area contributed by atoms with E-state index in [0.717, 1.165) is 17.5 Å². The highest BCUT2D eigenvalue weighted by atomic mass is 79.9. The molecular weight excluding hydrogens is 344 g/mol. The minimum Gasteiger partial charge on any atom is -0.380 e. The highest BCUT2D eigenvalue weighted by Gasteiger charge is 2.56.